The molecule has 168 valence electrons. The zero-order valence-electron chi connectivity index (χ0n) is 19.8. The number of anilines is 3. The minimum absolute atomic E-state index is 0.0654. The van der Waals surface area contributed by atoms with Crippen molar-refractivity contribution in [1.82, 2.24) is 0 Å². The molecule has 0 bridgehead atoms. The highest BCUT2D eigenvalue weighted by atomic mass is 32.1. The van der Waals surface area contributed by atoms with E-state index in [4.69, 9.17) is 0 Å². The fraction of sp³-hybridized carbons (Fsp3) is 0.0909. The van der Waals surface area contributed by atoms with Gasteiger partial charge in [0.05, 0.1) is 0 Å². The topological polar surface area (TPSA) is 3.24 Å². The Morgan fingerprint density at radius 1 is 0.571 bits per heavy atom. The number of fused-ring (bicyclic) bond motifs is 7. The van der Waals surface area contributed by atoms with Crippen LogP contribution in [0.3, 0.4) is 0 Å². The molecule has 1 aliphatic carbocycles. The van der Waals surface area contributed by atoms with Gasteiger partial charge in [0.15, 0.2) is 0 Å². The van der Waals surface area contributed by atoms with Crippen molar-refractivity contribution in [3.8, 4) is 11.1 Å². The zero-order chi connectivity index (χ0) is 23.6. The van der Waals surface area contributed by atoms with Gasteiger partial charge in [-0.1, -0.05) is 86.6 Å². The van der Waals surface area contributed by atoms with E-state index in [2.05, 4.69) is 134 Å². The Hall–Kier alpha value is -3.88. The molecule has 1 aromatic heterocycles. The second kappa shape index (κ2) is 7.56. The predicted molar refractivity (Wildman–Crippen MR) is 152 cm³/mol. The Labute approximate surface area is 209 Å². The lowest BCUT2D eigenvalue weighted by molar-refractivity contribution is 0.661. The highest BCUT2D eigenvalue weighted by Gasteiger charge is 2.37. The van der Waals surface area contributed by atoms with Gasteiger partial charge in [-0.3, -0.25) is 0 Å². The first-order valence-corrected chi connectivity index (χ1v) is 12.9. The maximum Gasteiger partial charge on any atom is 0.0465 e. The predicted octanol–water partition coefficient (Wildman–Crippen LogP) is 9.83. The summed E-state index contributed by atoms with van der Waals surface area (Å²) in [5.74, 6) is 0. The molecular formula is C33H25NS. The average molecular weight is 468 g/mol. The third kappa shape index (κ3) is 3.00. The van der Waals surface area contributed by atoms with E-state index in [0.29, 0.717) is 0 Å². The van der Waals surface area contributed by atoms with E-state index in [-0.39, 0.29) is 5.41 Å². The van der Waals surface area contributed by atoms with Crippen LogP contribution >= 0.6 is 11.3 Å². The summed E-state index contributed by atoms with van der Waals surface area (Å²) in [6, 6.07) is 41.8. The Kier molecular flexibility index (Phi) is 4.43. The lowest BCUT2D eigenvalue weighted by Crippen LogP contribution is -2.16. The maximum atomic E-state index is 2.41. The van der Waals surface area contributed by atoms with Crippen LogP contribution < -0.4 is 4.90 Å². The Bertz CT molecular complexity index is 1670. The first-order chi connectivity index (χ1) is 17.1. The van der Waals surface area contributed by atoms with E-state index < -0.39 is 0 Å². The maximum absolute atomic E-state index is 2.41. The van der Waals surface area contributed by atoms with Crippen LogP contribution in [0.15, 0.2) is 115 Å². The molecule has 0 saturated heterocycles. The van der Waals surface area contributed by atoms with E-state index in [1.807, 2.05) is 11.3 Å². The van der Waals surface area contributed by atoms with Gasteiger partial charge in [0.25, 0.3) is 0 Å². The molecule has 5 aromatic carbocycles. The summed E-state index contributed by atoms with van der Waals surface area (Å²) in [6.07, 6.45) is 0. The molecule has 1 aliphatic rings. The van der Waals surface area contributed by atoms with Crippen molar-refractivity contribution in [3.63, 3.8) is 0 Å². The van der Waals surface area contributed by atoms with Crippen molar-refractivity contribution >= 4 is 48.6 Å². The molecule has 2 heteroatoms. The minimum Gasteiger partial charge on any atom is -0.310 e. The number of hydrogen-bond donors (Lipinski definition) is 0. The summed E-state index contributed by atoms with van der Waals surface area (Å²) in [6.45, 7) is 4.74. The van der Waals surface area contributed by atoms with Crippen LogP contribution in [0.5, 0.6) is 0 Å². The molecule has 35 heavy (non-hydrogen) atoms. The summed E-state index contributed by atoms with van der Waals surface area (Å²) in [5, 5.41) is 2.73. The summed E-state index contributed by atoms with van der Waals surface area (Å²) < 4.78 is 2.77. The van der Waals surface area contributed by atoms with Crippen molar-refractivity contribution in [2.45, 2.75) is 19.3 Å². The molecule has 0 amide bonds. The number of hydrogen-bond acceptors (Lipinski definition) is 2. The number of thiophene rings is 1. The zero-order valence-corrected chi connectivity index (χ0v) is 20.6. The summed E-state index contributed by atoms with van der Waals surface area (Å²) in [7, 11) is 0. The number of benzene rings is 5. The Morgan fingerprint density at radius 3 is 1.94 bits per heavy atom. The Morgan fingerprint density at radius 2 is 1.23 bits per heavy atom. The molecule has 1 nitrogen and oxygen atoms in total. The van der Waals surface area contributed by atoms with Crippen molar-refractivity contribution in [1.29, 1.82) is 0 Å². The minimum atomic E-state index is -0.0654. The molecule has 7 rings (SSSR count). The molecule has 1 heterocycles. The van der Waals surface area contributed by atoms with Crippen molar-refractivity contribution in [3.05, 3.63) is 126 Å². The van der Waals surface area contributed by atoms with Gasteiger partial charge < -0.3 is 4.90 Å². The van der Waals surface area contributed by atoms with E-state index in [1.54, 1.807) is 0 Å². The lowest BCUT2D eigenvalue weighted by Gasteiger charge is -2.28. The fourth-order valence-electron chi connectivity index (χ4n) is 5.73. The fourth-order valence-corrected chi connectivity index (χ4v) is 6.99. The van der Waals surface area contributed by atoms with Crippen LogP contribution in [-0.2, 0) is 5.41 Å². The number of nitrogens with zero attached hydrogens (tertiary/aromatic N) is 1. The molecule has 0 aliphatic heterocycles. The smallest absolute Gasteiger partial charge is 0.0465 e. The van der Waals surface area contributed by atoms with E-state index in [9.17, 15) is 0 Å². The molecule has 0 radical (unpaired) electrons. The first kappa shape index (κ1) is 20.5. The van der Waals surface area contributed by atoms with E-state index in [1.165, 1.54) is 59.5 Å². The van der Waals surface area contributed by atoms with E-state index in [0.717, 1.165) is 0 Å². The number of para-hydroxylation sites is 2. The number of rotatable bonds is 3. The first-order valence-electron chi connectivity index (χ1n) is 12.1. The molecule has 0 spiro atoms. The highest BCUT2D eigenvalue weighted by Crippen LogP contribution is 2.54. The normalized spacial score (nSPS) is 13.7. The van der Waals surface area contributed by atoms with Crippen LogP contribution in [0.4, 0.5) is 17.1 Å². The summed E-state index contributed by atoms with van der Waals surface area (Å²) in [5.41, 5.74) is 9.06. The van der Waals surface area contributed by atoms with Crippen molar-refractivity contribution in [2.24, 2.45) is 0 Å². The van der Waals surface area contributed by atoms with Gasteiger partial charge in [-0.15, -0.1) is 11.3 Å². The van der Waals surface area contributed by atoms with Gasteiger partial charge in [0.2, 0.25) is 0 Å². The molecule has 0 saturated carbocycles. The average Bonchev–Trinajstić information content (AvgIpc) is 3.38. The van der Waals surface area contributed by atoms with Gasteiger partial charge >= 0.3 is 0 Å². The molecule has 0 fully saturated rings. The van der Waals surface area contributed by atoms with Crippen LogP contribution in [0.2, 0.25) is 0 Å². The monoisotopic (exact) mass is 467 g/mol. The van der Waals surface area contributed by atoms with Crippen molar-refractivity contribution in [2.75, 3.05) is 4.90 Å². The second-order valence-corrected chi connectivity index (χ2v) is 10.9. The third-order valence-electron chi connectivity index (χ3n) is 7.45. The summed E-state index contributed by atoms with van der Waals surface area (Å²) >= 11 is 1.93. The van der Waals surface area contributed by atoms with Gasteiger partial charge in [0.1, 0.15) is 0 Å². The van der Waals surface area contributed by atoms with Crippen molar-refractivity contribution < 1.29 is 0 Å². The quantitative estimate of drug-likeness (QED) is 0.250. The SMILES string of the molecule is CC1(C)c2cc(N(c3ccccc3)c3ccccc3)ccc2-c2c1ccc1c2sc2ccccc21. The molecular weight excluding hydrogens is 442 g/mol. The Balaban J connectivity index is 1.46. The highest BCUT2D eigenvalue weighted by molar-refractivity contribution is 7.26. The van der Waals surface area contributed by atoms with Crippen LogP contribution in [0.1, 0.15) is 25.0 Å². The van der Waals surface area contributed by atoms with E-state index >= 15 is 0 Å². The largest absolute Gasteiger partial charge is 0.310 e. The molecule has 0 atom stereocenters. The van der Waals surface area contributed by atoms with Crippen LogP contribution in [-0.4, -0.2) is 0 Å². The molecule has 0 unspecified atom stereocenters. The standard InChI is InChI=1S/C33H25NS/c1-33(2)28-20-19-26-25-15-9-10-16-30(25)35-32(26)31(28)27-18-17-24(21-29(27)33)34(22-11-5-3-6-12-22)23-13-7-4-8-14-23/h3-21H,1-2H3. The van der Waals surface area contributed by atoms with Gasteiger partial charge in [-0.2, -0.15) is 0 Å². The second-order valence-electron chi connectivity index (χ2n) is 9.82. The van der Waals surface area contributed by atoms with Crippen LogP contribution in [0.25, 0.3) is 31.3 Å². The van der Waals surface area contributed by atoms with Gasteiger partial charge in [-0.05, 0) is 59.2 Å². The van der Waals surface area contributed by atoms with Gasteiger partial charge in [0, 0.05) is 48.2 Å². The molecule has 6 aromatic rings. The lowest BCUT2D eigenvalue weighted by atomic mass is 9.82. The third-order valence-corrected chi connectivity index (χ3v) is 8.66. The van der Waals surface area contributed by atoms with Crippen LogP contribution in [0, 0.1) is 0 Å². The van der Waals surface area contributed by atoms with Gasteiger partial charge in [-0.25, -0.2) is 0 Å². The molecule has 0 N–H and O–H groups in total. The summed E-state index contributed by atoms with van der Waals surface area (Å²) in [4.78, 5) is 2.36.